The number of aryl methyl sites for hydroxylation is 1. The number of rotatable bonds is 2. The van der Waals surface area contributed by atoms with E-state index >= 15 is 0 Å². The lowest BCUT2D eigenvalue weighted by Gasteiger charge is -2.04. The van der Waals surface area contributed by atoms with Gasteiger partial charge in [-0.1, -0.05) is 23.2 Å². The lowest BCUT2D eigenvalue weighted by Crippen LogP contribution is -2.11. The van der Waals surface area contributed by atoms with E-state index in [9.17, 15) is 4.79 Å². The second kappa shape index (κ2) is 5.04. The number of nitrogens with zero attached hydrogens (tertiary/aromatic N) is 1. The van der Waals surface area contributed by atoms with Gasteiger partial charge in [-0.15, -0.1) is 0 Å². The highest BCUT2D eigenvalue weighted by Gasteiger charge is 2.12. The summed E-state index contributed by atoms with van der Waals surface area (Å²) in [7, 11) is 0. The number of amides is 1. The van der Waals surface area contributed by atoms with Crippen LogP contribution in [0.2, 0.25) is 10.0 Å². The first-order valence-corrected chi connectivity index (χ1v) is 6.29. The number of hydrogen-bond donors (Lipinski definition) is 1. The Labute approximate surface area is 113 Å². The van der Waals surface area contributed by atoms with Crippen molar-refractivity contribution in [1.29, 1.82) is 0 Å². The fraction of sp³-hybridized carbons (Fsp3) is 0.0909. The maximum atomic E-state index is 11.9. The van der Waals surface area contributed by atoms with Crippen molar-refractivity contribution < 1.29 is 4.79 Å². The minimum absolute atomic E-state index is 0.291. The summed E-state index contributed by atoms with van der Waals surface area (Å²) in [6.07, 6.45) is 0. The van der Waals surface area contributed by atoms with Gasteiger partial charge in [-0.05, 0) is 42.7 Å². The van der Waals surface area contributed by atoms with E-state index in [2.05, 4.69) is 9.69 Å². The van der Waals surface area contributed by atoms with Gasteiger partial charge in [-0.2, -0.15) is 4.37 Å². The van der Waals surface area contributed by atoms with Crippen LogP contribution in [0.5, 0.6) is 0 Å². The fourth-order valence-corrected chi connectivity index (χ4v) is 2.31. The second-order valence-corrected chi connectivity index (χ2v) is 5.06. The maximum Gasteiger partial charge on any atom is 0.257 e. The third kappa shape index (κ3) is 2.97. The zero-order chi connectivity index (χ0) is 12.4. The number of halogens is 2. The smallest absolute Gasteiger partial charge is 0.257 e. The highest BCUT2D eigenvalue weighted by atomic mass is 35.5. The zero-order valence-corrected chi connectivity index (χ0v) is 11.2. The number of nitrogens with one attached hydrogen (secondary N) is 1. The van der Waals surface area contributed by atoms with Crippen molar-refractivity contribution in [2.45, 2.75) is 6.92 Å². The van der Waals surface area contributed by atoms with Gasteiger partial charge in [0.2, 0.25) is 0 Å². The Balaban J connectivity index is 2.22. The normalized spacial score (nSPS) is 10.3. The van der Waals surface area contributed by atoms with Crippen LogP contribution in [0.4, 0.5) is 5.00 Å². The highest BCUT2D eigenvalue weighted by molar-refractivity contribution is 7.10. The topological polar surface area (TPSA) is 42.0 Å². The minimum atomic E-state index is -0.291. The number of carbonyl (C=O) groups excluding carboxylic acids is 1. The first-order chi connectivity index (χ1) is 8.06. The summed E-state index contributed by atoms with van der Waals surface area (Å²) in [5, 5.41) is 4.25. The maximum absolute atomic E-state index is 11.9. The summed E-state index contributed by atoms with van der Waals surface area (Å²) in [5.74, 6) is -0.291. The predicted octanol–water partition coefficient (Wildman–Crippen LogP) is 4.01. The Morgan fingerprint density at radius 3 is 2.76 bits per heavy atom. The van der Waals surface area contributed by atoms with Gasteiger partial charge in [0.25, 0.3) is 5.91 Å². The number of carbonyl (C=O) groups is 1. The molecule has 1 aromatic carbocycles. The van der Waals surface area contributed by atoms with Gasteiger partial charge in [0.05, 0.1) is 16.3 Å². The first-order valence-electron chi connectivity index (χ1n) is 4.76. The fourth-order valence-electron chi connectivity index (χ4n) is 1.27. The van der Waals surface area contributed by atoms with E-state index in [1.165, 1.54) is 17.6 Å². The van der Waals surface area contributed by atoms with Gasteiger partial charge >= 0.3 is 0 Å². The van der Waals surface area contributed by atoms with Crippen LogP contribution in [0, 0.1) is 6.92 Å². The predicted molar refractivity (Wildman–Crippen MR) is 71.3 cm³/mol. The number of aromatic nitrogens is 1. The third-order valence-corrected chi connectivity index (χ3v) is 3.40. The molecular weight excluding hydrogens is 279 g/mol. The average Bonchev–Trinajstić information content (AvgIpc) is 2.67. The Kier molecular flexibility index (Phi) is 3.66. The molecule has 2 rings (SSSR count). The molecule has 0 aliphatic heterocycles. The van der Waals surface area contributed by atoms with E-state index in [0.29, 0.717) is 20.6 Å². The molecule has 1 aromatic heterocycles. The van der Waals surface area contributed by atoms with Crippen molar-refractivity contribution in [2.75, 3.05) is 5.32 Å². The summed E-state index contributed by atoms with van der Waals surface area (Å²) in [5.41, 5.74) is 1.22. The molecule has 0 radical (unpaired) electrons. The molecule has 88 valence electrons. The molecule has 0 fully saturated rings. The summed E-state index contributed by atoms with van der Waals surface area (Å²) in [4.78, 5) is 11.9. The quantitative estimate of drug-likeness (QED) is 0.906. The van der Waals surface area contributed by atoms with Crippen LogP contribution in [-0.4, -0.2) is 10.3 Å². The van der Waals surface area contributed by atoms with Crippen LogP contribution in [0.1, 0.15) is 16.1 Å². The molecule has 2 aromatic rings. The van der Waals surface area contributed by atoms with Crippen molar-refractivity contribution in [1.82, 2.24) is 4.37 Å². The van der Waals surface area contributed by atoms with Crippen LogP contribution < -0.4 is 5.32 Å². The summed E-state index contributed by atoms with van der Waals surface area (Å²) in [6.45, 7) is 1.86. The molecule has 0 saturated carbocycles. The van der Waals surface area contributed by atoms with Gasteiger partial charge in [0.1, 0.15) is 5.00 Å². The lowest BCUT2D eigenvalue weighted by molar-refractivity contribution is 0.102. The van der Waals surface area contributed by atoms with Crippen molar-refractivity contribution in [2.24, 2.45) is 0 Å². The molecule has 17 heavy (non-hydrogen) atoms. The number of anilines is 1. The standard InChI is InChI=1S/C11H8Cl2N2OS/c1-6-4-10(17-15-6)14-11(16)8-5-7(12)2-3-9(8)13/h2-5H,1H3,(H,14,16). The van der Waals surface area contributed by atoms with E-state index in [0.717, 1.165) is 5.69 Å². The Hall–Kier alpha value is -1.10. The van der Waals surface area contributed by atoms with Crippen LogP contribution in [0.3, 0.4) is 0 Å². The zero-order valence-electron chi connectivity index (χ0n) is 8.83. The Morgan fingerprint density at radius 2 is 2.12 bits per heavy atom. The summed E-state index contributed by atoms with van der Waals surface area (Å²) in [6, 6.07) is 6.56. The molecule has 0 saturated heterocycles. The molecule has 0 unspecified atom stereocenters. The number of hydrogen-bond acceptors (Lipinski definition) is 3. The van der Waals surface area contributed by atoms with Gasteiger partial charge in [0.15, 0.2) is 0 Å². The van der Waals surface area contributed by atoms with Gasteiger partial charge in [0, 0.05) is 5.02 Å². The van der Waals surface area contributed by atoms with Crippen LogP contribution in [0.25, 0.3) is 0 Å². The molecule has 0 atom stereocenters. The van der Waals surface area contributed by atoms with Crippen LogP contribution in [-0.2, 0) is 0 Å². The summed E-state index contributed by atoms with van der Waals surface area (Å²) >= 11 is 13.0. The Bertz CT molecular complexity index is 568. The lowest BCUT2D eigenvalue weighted by atomic mass is 10.2. The molecule has 0 spiro atoms. The van der Waals surface area contributed by atoms with E-state index in [4.69, 9.17) is 23.2 Å². The monoisotopic (exact) mass is 286 g/mol. The third-order valence-electron chi connectivity index (χ3n) is 2.04. The SMILES string of the molecule is Cc1cc(NC(=O)c2cc(Cl)ccc2Cl)sn1. The first kappa shape index (κ1) is 12.4. The highest BCUT2D eigenvalue weighted by Crippen LogP contribution is 2.23. The van der Waals surface area contributed by atoms with Gasteiger partial charge in [-0.25, -0.2) is 0 Å². The van der Waals surface area contributed by atoms with Crippen molar-refractivity contribution >= 4 is 45.6 Å². The molecular formula is C11H8Cl2N2OS. The van der Waals surface area contributed by atoms with Crippen LogP contribution >= 0.6 is 34.7 Å². The van der Waals surface area contributed by atoms with E-state index in [-0.39, 0.29) is 5.91 Å². The van der Waals surface area contributed by atoms with Crippen molar-refractivity contribution in [3.8, 4) is 0 Å². The Morgan fingerprint density at radius 1 is 1.35 bits per heavy atom. The van der Waals surface area contributed by atoms with Gasteiger partial charge < -0.3 is 5.32 Å². The summed E-state index contributed by atoms with van der Waals surface area (Å²) < 4.78 is 4.07. The minimum Gasteiger partial charge on any atom is -0.312 e. The average molecular weight is 287 g/mol. The van der Waals surface area contributed by atoms with E-state index in [1.54, 1.807) is 18.2 Å². The molecule has 0 bridgehead atoms. The molecule has 1 N–H and O–H groups in total. The molecule has 0 aliphatic carbocycles. The van der Waals surface area contributed by atoms with Crippen molar-refractivity contribution in [3.05, 3.63) is 45.6 Å². The molecule has 6 heteroatoms. The van der Waals surface area contributed by atoms with Gasteiger partial charge in [-0.3, -0.25) is 4.79 Å². The molecule has 1 amide bonds. The largest absolute Gasteiger partial charge is 0.312 e. The van der Waals surface area contributed by atoms with Crippen LogP contribution in [0.15, 0.2) is 24.3 Å². The van der Waals surface area contributed by atoms with E-state index in [1.807, 2.05) is 6.92 Å². The van der Waals surface area contributed by atoms with E-state index < -0.39 is 0 Å². The molecule has 0 aliphatic rings. The molecule has 1 heterocycles. The van der Waals surface area contributed by atoms with Crippen molar-refractivity contribution in [3.63, 3.8) is 0 Å². The molecule has 3 nitrogen and oxygen atoms in total. The number of benzene rings is 1. The second-order valence-electron chi connectivity index (χ2n) is 3.41.